The number of nitrogens with two attached hydrogens (primary N) is 2. The van der Waals surface area contributed by atoms with Crippen LogP contribution in [0.1, 0.15) is 119 Å². The van der Waals surface area contributed by atoms with E-state index in [0.717, 1.165) is 0 Å². The fourth-order valence-corrected chi connectivity index (χ4v) is 7.84. The summed E-state index contributed by atoms with van der Waals surface area (Å²) in [5.74, 6) is -6.85. The van der Waals surface area contributed by atoms with Gasteiger partial charge in [0, 0.05) is 13.0 Å². The molecule has 67 heavy (non-hydrogen) atoms. The quantitative estimate of drug-likeness (QED) is 0.0512. The lowest BCUT2D eigenvalue weighted by Crippen LogP contribution is -2.62. The van der Waals surface area contributed by atoms with Gasteiger partial charge in [-0.15, -0.1) is 0 Å². The summed E-state index contributed by atoms with van der Waals surface area (Å²) >= 11 is 0. The molecule has 0 radical (unpaired) electrons. The number of carbonyl (C=O) groups excluding carboxylic acids is 7. The van der Waals surface area contributed by atoms with Gasteiger partial charge in [0.2, 0.25) is 41.4 Å². The van der Waals surface area contributed by atoms with E-state index in [1.54, 1.807) is 26.0 Å². The number of nitrogens with zero attached hydrogens (tertiary/aromatic N) is 1. The summed E-state index contributed by atoms with van der Waals surface area (Å²) in [5, 5.41) is 46.4. The molecule has 0 spiro atoms. The Kier molecular flexibility index (Phi) is 24.2. The molecule has 1 aliphatic rings. The van der Waals surface area contributed by atoms with Crippen molar-refractivity contribution in [1.29, 1.82) is 0 Å². The van der Waals surface area contributed by atoms with E-state index in [-0.39, 0.29) is 62.2 Å². The van der Waals surface area contributed by atoms with Crippen molar-refractivity contribution in [3.8, 4) is 5.75 Å². The van der Waals surface area contributed by atoms with Crippen LogP contribution in [0.5, 0.6) is 5.75 Å². The van der Waals surface area contributed by atoms with Crippen LogP contribution >= 0.6 is 0 Å². The highest BCUT2D eigenvalue weighted by Gasteiger charge is 2.42. The largest absolute Gasteiger partial charge is 0.508 e. The Hall–Kier alpha value is -5.34. The SMILES string of the molecule is CC(C)C[C@H](NC(=O)[C@H](Cc1ccc(O)cc1)NC(=O)[C@H](CCCCN)NC(=O)[C@@H](N)CC(C)C)C(=O)N[C@@H](CC(C)C)C(=O)N[C@H](C(=O)N1CCC[C@H]1C(=O)N[C@H](C(=O)O)C(C)C)[C@@H](C)O. The van der Waals surface area contributed by atoms with Crippen LogP contribution in [-0.2, 0) is 44.8 Å². The maximum absolute atomic E-state index is 14.3. The van der Waals surface area contributed by atoms with Crippen molar-refractivity contribution in [3.63, 3.8) is 0 Å². The summed E-state index contributed by atoms with van der Waals surface area (Å²) < 4.78 is 0. The minimum absolute atomic E-state index is 0.0209. The first kappa shape index (κ1) is 57.8. The van der Waals surface area contributed by atoms with Crippen LogP contribution in [-0.4, -0.2) is 135 Å². The third-order valence-electron chi connectivity index (χ3n) is 11.4. The predicted octanol–water partition coefficient (Wildman–Crippen LogP) is 0.551. The molecule has 2 rings (SSSR count). The molecule has 1 aromatic carbocycles. The fraction of sp³-hybridized carbons (Fsp3) is 0.702. The van der Waals surface area contributed by atoms with E-state index in [4.69, 9.17) is 11.5 Å². The summed E-state index contributed by atoms with van der Waals surface area (Å²) in [4.78, 5) is 110. The van der Waals surface area contributed by atoms with Crippen LogP contribution in [0.3, 0.4) is 0 Å². The number of aromatic hydroxyl groups is 1. The van der Waals surface area contributed by atoms with Gasteiger partial charge in [-0.25, -0.2) is 4.79 Å². The van der Waals surface area contributed by atoms with E-state index < -0.39 is 108 Å². The maximum atomic E-state index is 14.3. The molecule has 1 aliphatic heterocycles. The number of hydrogen-bond acceptors (Lipinski definition) is 12. The molecule has 0 unspecified atom stereocenters. The van der Waals surface area contributed by atoms with Gasteiger partial charge in [-0.05, 0) is 106 Å². The average molecular weight is 946 g/mol. The highest BCUT2D eigenvalue weighted by atomic mass is 16.4. The molecule has 1 saturated heterocycles. The Morgan fingerprint density at radius 2 is 1.15 bits per heavy atom. The summed E-state index contributed by atoms with van der Waals surface area (Å²) in [6.45, 7) is 16.1. The van der Waals surface area contributed by atoms with Crippen LogP contribution in [0.4, 0.5) is 0 Å². The number of carbonyl (C=O) groups is 8. The molecule has 20 heteroatoms. The Morgan fingerprint density at radius 1 is 0.657 bits per heavy atom. The summed E-state index contributed by atoms with van der Waals surface area (Å²) in [6.07, 6.45) is 0.947. The van der Waals surface area contributed by atoms with Gasteiger partial charge in [-0.2, -0.15) is 0 Å². The lowest BCUT2D eigenvalue weighted by Gasteiger charge is -2.32. The van der Waals surface area contributed by atoms with Gasteiger partial charge in [-0.3, -0.25) is 33.6 Å². The lowest BCUT2D eigenvalue weighted by atomic mass is 9.98. The Balaban J connectivity index is 2.41. The van der Waals surface area contributed by atoms with Crippen LogP contribution in [0, 0.1) is 23.7 Å². The third-order valence-corrected chi connectivity index (χ3v) is 11.4. The van der Waals surface area contributed by atoms with Gasteiger partial charge in [0.15, 0.2) is 0 Å². The lowest BCUT2D eigenvalue weighted by molar-refractivity contribution is -0.147. The van der Waals surface area contributed by atoms with Gasteiger partial charge in [-0.1, -0.05) is 67.5 Å². The molecule has 0 saturated carbocycles. The highest BCUT2D eigenvalue weighted by Crippen LogP contribution is 2.21. The molecular weight excluding hydrogens is 867 g/mol. The number of hydrogen-bond donors (Lipinski definition) is 11. The molecule has 378 valence electrons. The van der Waals surface area contributed by atoms with Crippen molar-refractivity contribution in [2.75, 3.05) is 13.1 Å². The minimum Gasteiger partial charge on any atom is -0.508 e. The van der Waals surface area contributed by atoms with Crippen molar-refractivity contribution in [2.24, 2.45) is 35.1 Å². The van der Waals surface area contributed by atoms with Crippen molar-refractivity contribution < 1.29 is 53.7 Å². The second-order valence-corrected chi connectivity index (χ2v) is 19.4. The van der Waals surface area contributed by atoms with E-state index >= 15 is 0 Å². The van der Waals surface area contributed by atoms with Crippen molar-refractivity contribution in [1.82, 2.24) is 36.8 Å². The minimum atomic E-state index is -1.54. The van der Waals surface area contributed by atoms with Gasteiger partial charge in [0.05, 0.1) is 12.1 Å². The van der Waals surface area contributed by atoms with Crippen LogP contribution in [0.25, 0.3) is 0 Å². The summed E-state index contributed by atoms with van der Waals surface area (Å²) in [7, 11) is 0. The number of carboxylic acid groups (broad SMARTS) is 1. The Labute approximate surface area is 395 Å². The molecule has 9 atom stereocenters. The van der Waals surface area contributed by atoms with Crippen LogP contribution in [0.15, 0.2) is 24.3 Å². The first-order chi connectivity index (χ1) is 31.4. The highest BCUT2D eigenvalue weighted by molar-refractivity contribution is 5.98. The smallest absolute Gasteiger partial charge is 0.326 e. The predicted molar refractivity (Wildman–Crippen MR) is 252 cm³/mol. The second-order valence-electron chi connectivity index (χ2n) is 19.4. The van der Waals surface area contributed by atoms with E-state index in [0.29, 0.717) is 37.8 Å². The second kappa shape index (κ2) is 28.1. The number of likely N-dealkylation sites (tertiary alicyclic amines) is 1. The number of aliphatic carboxylic acids is 1. The normalized spacial score (nSPS) is 17.4. The zero-order chi connectivity index (χ0) is 50.7. The molecular formula is C47H79N9O11. The molecule has 13 N–H and O–H groups in total. The topological polar surface area (TPSA) is 325 Å². The zero-order valence-corrected chi connectivity index (χ0v) is 40.8. The number of rotatable bonds is 28. The molecule has 1 heterocycles. The fourth-order valence-electron chi connectivity index (χ4n) is 7.84. The maximum Gasteiger partial charge on any atom is 0.326 e. The number of unbranched alkanes of at least 4 members (excludes halogenated alkanes) is 1. The molecule has 1 aromatic rings. The van der Waals surface area contributed by atoms with E-state index in [2.05, 4.69) is 31.9 Å². The number of aliphatic hydroxyl groups excluding tert-OH is 1. The van der Waals surface area contributed by atoms with Gasteiger partial charge >= 0.3 is 5.97 Å². The van der Waals surface area contributed by atoms with E-state index in [1.165, 1.54) is 24.0 Å². The molecule has 0 bridgehead atoms. The molecule has 20 nitrogen and oxygen atoms in total. The number of phenols is 1. The van der Waals surface area contributed by atoms with E-state index in [9.17, 15) is 53.7 Å². The number of benzene rings is 1. The molecule has 0 aliphatic carbocycles. The van der Waals surface area contributed by atoms with Crippen LogP contribution in [0.2, 0.25) is 0 Å². The third kappa shape index (κ3) is 19.4. The van der Waals surface area contributed by atoms with Crippen molar-refractivity contribution in [3.05, 3.63) is 29.8 Å². The first-order valence-corrected chi connectivity index (χ1v) is 23.6. The average Bonchev–Trinajstić information content (AvgIpc) is 3.73. The standard InChI is InChI=1S/C47H79N9O11/c1-25(2)21-32(49)40(59)50-33(13-10-11-19-48)41(60)53-36(24-30-15-17-31(58)18-16-30)43(62)51-34(22-26(3)4)42(61)52-35(23-27(5)6)44(63)55-39(29(9)57)46(65)56-20-12-14-37(56)45(64)54-38(28(7)8)47(66)67/h15-18,25-29,32-39,57-58H,10-14,19-24,48-49H2,1-9H3,(H,50,59)(H,51,62)(H,52,61)(H,53,60)(H,54,64)(H,55,63)(H,66,67)/t29-,32+,33+,34+,35+,36+,37+,38+,39+/m1/s1. The summed E-state index contributed by atoms with van der Waals surface area (Å²) in [5.41, 5.74) is 12.4. The van der Waals surface area contributed by atoms with Gasteiger partial charge < -0.3 is 63.6 Å². The number of nitrogens with one attached hydrogen (secondary N) is 6. The van der Waals surface area contributed by atoms with Crippen molar-refractivity contribution in [2.45, 2.75) is 175 Å². The first-order valence-electron chi connectivity index (χ1n) is 23.6. The number of carboxylic acids is 1. The van der Waals surface area contributed by atoms with Gasteiger partial charge in [0.25, 0.3) is 0 Å². The van der Waals surface area contributed by atoms with E-state index in [1.807, 2.05) is 41.5 Å². The molecule has 7 amide bonds. The van der Waals surface area contributed by atoms with Crippen LogP contribution < -0.4 is 43.4 Å². The molecule has 1 fully saturated rings. The molecule has 0 aromatic heterocycles. The zero-order valence-electron chi connectivity index (χ0n) is 40.8. The summed E-state index contributed by atoms with van der Waals surface area (Å²) in [6, 6.07) is -3.53. The number of amides is 7. The monoisotopic (exact) mass is 946 g/mol. The number of aliphatic hydroxyl groups is 1. The Morgan fingerprint density at radius 3 is 1.64 bits per heavy atom. The van der Waals surface area contributed by atoms with Gasteiger partial charge in [0.1, 0.15) is 48.0 Å². The number of phenolic OH excluding ortho intramolecular Hbond substituents is 1. The van der Waals surface area contributed by atoms with Crippen molar-refractivity contribution >= 4 is 47.3 Å². The Bertz CT molecular complexity index is 1810.